The van der Waals surface area contributed by atoms with E-state index in [4.69, 9.17) is 5.73 Å². The summed E-state index contributed by atoms with van der Waals surface area (Å²) < 4.78 is 0. The van der Waals surface area contributed by atoms with Gasteiger partial charge in [0, 0.05) is 18.6 Å². The molecule has 1 aromatic carbocycles. The van der Waals surface area contributed by atoms with E-state index in [-0.39, 0.29) is 0 Å². The van der Waals surface area contributed by atoms with E-state index in [1.165, 1.54) is 18.5 Å². The minimum atomic E-state index is 0.317. The lowest BCUT2D eigenvalue weighted by Crippen LogP contribution is -2.53. The van der Waals surface area contributed by atoms with Gasteiger partial charge in [-0.05, 0) is 31.4 Å². The van der Waals surface area contributed by atoms with Gasteiger partial charge in [0.25, 0.3) is 0 Å². The fourth-order valence-electron chi connectivity index (χ4n) is 2.53. The average Bonchev–Trinajstić information content (AvgIpc) is 2.31. The topological polar surface area (TPSA) is 29.3 Å². The number of rotatable bonds is 2. The van der Waals surface area contributed by atoms with Gasteiger partial charge in [0.1, 0.15) is 0 Å². The number of piperidine rings is 1. The van der Waals surface area contributed by atoms with Gasteiger partial charge in [-0.1, -0.05) is 37.3 Å². The first-order chi connectivity index (χ1) is 7.68. The number of nitrogens with zero attached hydrogens (tertiary/aromatic N) is 1. The normalized spacial score (nSPS) is 31.6. The largest absolute Gasteiger partial charge is 0.326 e. The minimum Gasteiger partial charge on any atom is -0.326 e. The van der Waals surface area contributed by atoms with Crippen LogP contribution >= 0.6 is 0 Å². The van der Waals surface area contributed by atoms with Gasteiger partial charge in [-0.25, -0.2) is 0 Å². The zero-order valence-corrected chi connectivity index (χ0v) is 10.3. The van der Waals surface area contributed by atoms with Crippen molar-refractivity contribution < 1.29 is 0 Å². The van der Waals surface area contributed by atoms with Crippen molar-refractivity contribution in [3.63, 3.8) is 0 Å². The lowest BCUT2D eigenvalue weighted by Gasteiger charge is -2.41. The number of hydrogen-bond acceptors (Lipinski definition) is 2. The maximum Gasteiger partial charge on any atom is 0.0237 e. The summed E-state index contributed by atoms with van der Waals surface area (Å²) in [5.74, 6) is 0.655. The summed E-state index contributed by atoms with van der Waals surface area (Å²) in [6, 6.07) is 11.5. The van der Waals surface area contributed by atoms with Gasteiger partial charge in [-0.15, -0.1) is 0 Å². The zero-order chi connectivity index (χ0) is 11.5. The van der Waals surface area contributed by atoms with Crippen LogP contribution in [0.5, 0.6) is 0 Å². The summed E-state index contributed by atoms with van der Waals surface area (Å²) in [5.41, 5.74) is 7.61. The molecule has 2 nitrogen and oxygen atoms in total. The second-order valence-corrected chi connectivity index (χ2v) is 5.04. The van der Waals surface area contributed by atoms with Gasteiger partial charge in [0.15, 0.2) is 0 Å². The van der Waals surface area contributed by atoms with Gasteiger partial charge < -0.3 is 5.73 Å². The molecule has 2 N–H and O–H groups in total. The molecule has 2 rings (SSSR count). The number of hydrogen-bond donors (Lipinski definition) is 1. The fourth-order valence-corrected chi connectivity index (χ4v) is 2.53. The van der Waals surface area contributed by atoms with E-state index >= 15 is 0 Å². The van der Waals surface area contributed by atoms with Gasteiger partial charge in [-0.2, -0.15) is 0 Å². The first-order valence-corrected chi connectivity index (χ1v) is 6.22. The Labute approximate surface area is 98.4 Å². The second kappa shape index (κ2) is 4.98. The van der Waals surface area contributed by atoms with E-state index in [2.05, 4.69) is 49.1 Å². The van der Waals surface area contributed by atoms with Gasteiger partial charge in [0.2, 0.25) is 0 Å². The number of likely N-dealkylation sites (tertiary alicyclic amines) is 1. The average molecular weight is 218 g/mol. The zero-order valence-electron chi connectivity index (χ0n) is 10.3. The third kappa shape index (κ3) is 2.45. The summed E-state index contributed by atoms with van der Waals surface area (Å²) in [6.07, 6.45) is 1.22. The Balaban J connectivity index is 2.00. The molecule has 2 heteroatoms. The first-order valence-electron chi connectivity index (χ1n) is 6.22. The van der Waals surface area contributed by atoms with E-state index in [1.807, 2.05) is 0 Å². The summed E-state index contributed by atoms with van der Waals surface area (Å²) in [4.78, 5) is 2.50. The molecule has 0 bridgehead atoms. The monoisotopic (exact) mass is 218 g/mol. The van der Waals surface area contributed by atoms with Crippen LogP contribution < -0.4 is 5.73 Å². The van der Waals surface area contributed by atoms with Crippen molar-refractivity contribution in [3.05, 3.63) is 35.9 Å². The summed E-state index contributed by atoms with van der Waals surface area (Å²) >= 11 is 0. The van der Waals surface area contributed by atoms with E-state index in [9.17, 15) is 0 Å². The number of nitrogens with two attached hydrogens (primary N) is 1. The molecule has 16 heavy (non-hydrogen) atoms. The van der Waals surface area contributed by atoms with Crippen LogP contribution in [-0.2, 0) is 6.54 Å². The van der Waals surface area contributed by atoms with Crippen molar-refractivity contribution in [2.75, 3.05) is 6.54 Å². The van der Waals surface area contributed by atoms with Crippen molar-refractivity contribution in [2.45, 2.75) is 38.9 Å². The van der Waals surface area contributed by atoms with Crippen LogP contribution in [0.25, 0.3) is 0 Å². The molecule has 0 saturated carbocycles. The molecule has 1 aliphatic rings. The molecule has 0 aliphatic carbocycles. The molecule has 0 radical (unpaired) electrons. The van der Waals surface area contributed by atoms with Crippen LogP contribution in [0.2, 0.25) is 0 Å². The van der Waals surface area contributed by atoms with Gasteiger partial charge in [-0.3, -0.25) is 4.90 Å². The maximum atomic E-state index is 6.22. The summed E-state index contributed by atoms with van der Waals surface area (Å²) in [6.45, 7) is 6.72. The smallest absolute Gasteiger partial charge is 0.0237 e. The highest BCUT2D eigenvalue weighted by Crippen LogP contribution is 2.22. The molecule has 1 aromatic rings. The van der Waals surface area contributed by atoms with E-state index in [0.29, 0.717) is 18.0 Å². The fraction of sp³-hybridized carbons (Fsp3) is 0.571. The molecule has 1 heterocycles. The molecule has 0 unspecified atom stereocenters. The highest BCUT2D eigenvalue weighted by molar-refractivity contribution is 5.14. The van der Waals surface area contributed by atoms with Crippen molar-refractivity contribution in [2.24, 2.45) is 11.7 Å². The van der Waals surface area contributed by atoms with Crippen LogP contribution in [0.3, 0.4) is 0 Å². The lowest BCUT2D eigenvalue weighted by atomic mass is 9.88. The van der Waals surface area contributed by atoms with Crippen LogP contribution in [0.1, 0.15) is 25.8 Å². The highest BCUT2D eigenvalue weighted by atomic mass is 15.2. The Kier molecular flexibility index (Phi) is 3.62. The van der Waals surface area contributed by atoms with E-state index in [0.717, 1.165) is 6.54 Å². The first kappa shape index (κ1) is 11.6. The molecule has 0 amide bonds. The Hall–Kier alpha value is -0.860. The highest BCUT2D eigenvalue weighted by Gasteiger charge is 2.29. The molecule has 1 fully saturated rings. The molecule has 1 aliphatic heterocycles. The van der Waals surface area contributed by atoms with Crippen LogP contribution in [0.15, 0.2) is 30.3 Å². The van der Waals surface area contributed by atoms with Crippen molar-refractivity contribution in [3.8, 4) is 0 Å². The standard InChI is InChI=1S/C14H22N2/c1-11-8-9-16(12(2)14(11)15)10-13-6-4-3-5-7-13/h3-7,11-12,14H,8-10,15H2,1-2H3/t11-,12+,14-/m1/s1. The Morgan fingerprint density at radius 1 is 1.25 bits per heavy atom. The third-order valence-corrected chi connectivity index (χ3v) is 3.89. The third-order valence-electron chi connectivity index (χ3n) is 3.89. The summed E-state index contributed by atoms with van der Waals surface area (Å²) in [5, 5.41) is 0. The molecule has 1 saturated heterocycles. The molecular formula is C14H22N2. The predicted molar refractivity (Wildman–Crippen MR) is 68.1 cm³/mol. The summed E-state index contributed by atoms with van der Waals surface area (Å²) in [7, 11) is 0. The molecule has 0 aromatic heterocycles. The Bertz CT molecular complexity index is 323. The molecule has 0 spiro atoms. The van der Waals surface area contributed by atoms with Crippen molar-refractivity contribution >= 4 is 0 Å². The molecule has 3 atom stereocenters. The van der Waals surface area contributed by atoms with E-state index in [1.54, 1.807) is 0 Å². The number of benzene rings is 1. The van der Waals surface area contributed by atoms with Crippen LogP contribution in [-0.4, -0.2) is 23.5 Å². The van der Waals surface area contributed by atoms with Gasteiger partial charge >= 0.3 is 0 Å². The second-order valence-electron chi connectivity index (χ2n) is 5.04. The van der Waals surface area contributed by atoms with E-state index < -0.39 is 0 Å². The SMILES string of the molecule is C[C@@H]1CCN(Cc2ccccc2)[C@@H](C)[C@@H]1N. The molecular weight excluding hydrogens is 196 g/mol. The van der Waals surface area contributed by atoms with Crippen molar-refractivity contribution in [1.29, 1.82) is 0 Å². The molecule has 88 valence electrons. The van der Waals surface area contributed by atoms with Crippen LogP contribution in [0, 0.1) is 5.92 Å². The quantitative estimate of drug-likeness (QED) is 0.825. The maximum absolute atomic E-state index is 6.22. The lowest BCUT2D eigenvalue weighted by molar-refractivity contribution is 0.0995. The Morgan fingerprint density at radius 2 is 1.94 bits per heavy atom. The minimum absolute atomic E-state index is 0.317. The Morgan fingerprint density at radius 3 is 2.62 bits per heavy atom. The van der Waals surface area contributed by atoms with Crippen LogP contribution in [0.4, 0.5) is 0 Å². The van der Waals surface area contributed by atoms with Crippen molar-refractivity contribution in [1.82, 2.24) is 4.90 Å². The predicted octanol–water partition coefficient (Wildman–Crippen LogP) is 2.24. The van der Waals surface area contributed by atoms with Gasteiger partial charge in [0.05, 0.1) is 0 Å².